The van der Waals surface area contributed by atoms with Crippen LogP contribution in [0.25, 0.3) is 0 Å². The molecule has 0 unspecified atom stereocenters. The Morgan fingerprint density at radius 1 is 0.769 bits per heavy atom. The summed E-state index contributed by atoms with van der Waals surface area (Å²) < 4.78 is 5.44. The lowest BCUT2D eigenvalue weighted by Crippen LogP contribution is -2.27. The second-order valence-corrected chi connectivity index (χ2v) is 11.5. The molecule has 2 N–H and O–H groups in total. The molecule has 6 nitrogen and oxygen atoms in total. The first-order chi connectivity index (χ1) is 19.0. The number of hydrogen-bond acceptors (Lipinski definition) is 4. The lowest BCUT2D eigenvalue weighted by molar-refractivity contribution is -0.109. The van der Waals surface area contributed by atoms with E-state index in [9.17, 15) is 9.59 Å². The van der Waals surface area contributed by atoms with Gasteiger partial charge in [-0.15, -0.1) is 0 Å². The average Bonchev–Trinajstić information content (AvgIpc) is 2.92. The van der Waals surface area contributed by atoms with Crippen molar-refractivity contribution in [1.29, 1.82) is 0 Å². The number of halogens is 1. The van der Waals surface area contributed by atoms with Gasteiger partial charge in [0.2, 0.25) is 6.41 Å². The molecule has 0 bridgehead atoms. The number of hydrogen-bond donors (Lipinski definition) is 2. The highest BCUT2D eigenvalue weighted by atomic mass is 35.5. The van der Waals surface area contributed by atoms with Gasteiger partial charge in [-0.2, -0.15) is 0 Å². The lowest BCUT2D eigenvalue weighted by atomic mass is 10.00. The van der Waals surface area contributed by atoms with Crippen molar-refractivity contribution in [3.8, 4) is 0 Å². The number of rotatable bonds is 26. The molecular formula is C32H56ClN3O3. The van der Waals surface area contributed by atoms with E-state index in [1.165, 1.54) is 95.5 Å². The van der Waals surface area contributed by atoms with Crippen LogP contribution in [0.5, 0.6) is 0 Å². The van der Waals surface area contributed by atoms with Gasteiger partial charge in [-0.1, -0.05) is 108 Å². The lowest BCUT2D eigenvalue weighted by Gasteiger charge is -2.13. The van der Waals surface area contributed by atoms with E-state index in [2.05, 4.69) is 21.6 Å². The van der Waals surface area contributed by atoms with Crippen LogP contribution in [0.1, 0.15) is 120 Å². The van der Waals surface area contributed by atoms with Crippen molar-refractivity contribution in [3.05, 3.63) is 34.3 Å². The van der Waals surface area contributed by atoms with Crippen LogP contribution < -0.4 is 10.6 Å². The van der Waals surface area contributed by atoms with Gasteiger partial charge in [0.25, 0.3) is 0 Å². The van der Waals surface area contributed by atoms with Crippen molar-refractivity contribution in [2.45, 2.75) is 122 Å². The summed E-state index contributed by atoms with van der Waals surface area (Å²) in [7, 11) is 4.04. The Morgan fingerprint density at radius 2 is 1.31 bits per heavy atom. The van der Waals surface area contributed by atoms with E-state index < -0.39 is 0 Å². The number of carbonyl (C=O) groups is 2. The molecule has 0 aromatic heterocycles. The SMILES string of the molecule is CN(C)CCCNC(=O)OCc1cc(Cl)ccc1CCCCCCCCCCCCCCCCCCNC=O. The molecule has 1 rings (SSSR count). The highest BCUT2D eigenvalue weighted by molar-refractivity contribution is 6.30. The number of unbranched alkanes of at least 4 members (excludes halogenated alkanes) is 15. The number of alkyl carbamates (subject to hydrolysis) is 1. The van der Waals surface area contributed by atoms with Crippen LogP contribution in [0, 0.1) is 0 Å². The van der Waals surface area contributed by atoms with Gasteiger partial charge < -0.3 is 20.3 Å². The van der Waals surface area contributed by atoms with Gasteiger partial charge in [0.1, 0.15) is 6.61 Å². The Labute approximate surface area is 244 Å². The second kappa shape index (κ2) is 25.2. The van der Waals surface area contributed by atoms with Gasteiger partial charge in [-0.3, -0.25) is 4.79 Å². The molecule has 39 heavy (non-hydrogen) atoms. The van der Waals surface area contributed by atoms with Crippen molar-refractivity contribution >= 4 is 24.1 Å². The molecule has 0 aliphatic rings. The molecule has 2 amide bonds. The van der Waals surface area contributed by atoms with Crippen LogP contribution in [0.4, 0.5) is 4.79 Å². The third-order valence-corrected chi connectivity index (χ3v) is 7.41. The summed E-state index contributed by atoms with van der Waals surface area (Å²) in [5.74, 6) is 0. The molecule has 7 heteroatoms. The van der Waals surface area contributed by atoms with E-state index in [-0.39, 0.29) is 12.7 Å². The quantitative estimate of drug-likeness (QED) is 0.0880. The molecule has 1 aromatic carbocycles. The maximum Gasteiger partial charge on any atom is 0.407 e. The second-order valence-electron chi connectivity index (χ2n) is 11.1. The molecule has 0 fully saturated rings. The summed E-state index contributed by atoms with van der Waals surface area (Å²) in [6.45, 7) is 2.63. The predicted molar refractivity (Wildman–Crippen MR) is 164 cm³/mol. The fourth-order valence-corrected chi connectivity index (χ4v) is 5.02. The number of amides is 2. The molecular weight excluding hydrogens is 510 g/mol. The maximum absolute atomic E-state index is 12.0. The van der Waals surface area contributed by atoms with Gasteiger partial charge in [-0.05, 0) is 69.6 Å². The van der Waals surface area contributed by atoms with E-state index in [4.69, 9.17) is 16.3 Å². The number of nitrogens with one attached hydrogen (secondary N) is 2. The normalized spacial score (nSPS) is 11.1. The first-order valence-corrected chi connectivity index (χ1v) is 15.9. The van der Waals surface area contributed by atoms with Crippen LogP contribution in [0.2, 0.25) is 5.02 Å². The third kappa shape index (κ3) is 21.7. The van der Waals surface area contributed by atoms with Crippen LogP contribution in [-0.2, 0) is 22.6 Å². The van der Waals surface area contributed by atoms with Crippen molar-refractivity contribution in [3.63, 3.8) is 0 Å². The number of ether oxygens (including phenoxy) is 1. The van der Waals surface area contributed by atoms with E-state index >= 15 is 0 Å². The third-order valence-electron chi connectivity index (χ3n) is 7.18. The summed E-state index contributed by atoms with van der Waals surface area (Å²) in [6.07, 6.45) is 23.3. The summed E-state index contributed by atoms with van der Waals surface area (Å²) >= 11 is 6.21. The molecule has 0 aliphatic carbocycles. The van der Waals surface area contributed by atoms with E-state index in [0.717, 1.165) is 50.7 Å². The van der Waals surface area contributed by atoms with E-state index in [1.807, 2.05) is 26.2 Å². The van der Waals surface area contributed by atoms with Gasteiger partial charge in [0.05, 0.1) is 0 Å². The van der Waals surface area contributed by atoms with Crippen molar-refractivity contribution in [2.24, 2.45) is 0 Å². The topological polar surface area (TPSA) is 70.7 Å². The number of carbonyl (C=O) groups excluding carboxylic acids is 2. The molecule has 0 saturated heterocycles. The minimum atomic E-state index is -0.368. The molecule has 1 aromatic rings. The number of aryl methyl sites for hydroxylation is 1. The Kier molecular flexibility index (Phi) is 22.8. The summed E-state index contributed by atoms with van der Waals surface area (Å²) in [5, 5.41) is 6.22. The predicted octanol–water partition coefficient (Wildman–Crippen LogP) is 8.05. The largest absolute Gasteiger partial charge is 0.445 e. The van der Waals surface area contributed by atoms with Crippen LogP contribution in [-0.4, -0.2) is 51.1 Å². The van der Waals surface area contributed by atoms with Crippen molar-refractivity contribution in [1.82, 2.24) is 15.5 Å². The highest BCUT2D eigenvalue weighted by Crippen LogP contribution is 2.20. The molecule has 0 atom stereocenters. The Bertz CT molecular complexity index is 745. The standard InChI is InChI=1S/C32H56ClN3O3/c1-36(2)25-19-24-35-32(38)39-27-30-26-31(33)22-21-29(30)20-17-15-13-11-9-7-5-3-4-6-8-10-12-14-16-18-23-34-28-37/h21-22,26,28H,3-20,23-25,27H2,1-2H3,(H,34,37)(H,35,38). The zero-order valence-corrected chi connectivity index (χ0v) is 25.7. The molecule has 224 valence electrons. The van der Waals surface area contributed by atoms with Crippen molar-refractivity contribution < 1.29 is 14.3 Å². The van der Waals surface area contributed by atoms with Crippen molar-refractivity contribution in [2.75, 3.05) is 33.7 Å². The highest BCUT2D eigenvalue weighted by Gasteiger charge is 2.08. The number of benzene rings is 1. The van der Waals surface area contributed by atoms with Gasteiger partial charge in [-0.25, -0.2) is 4.79 Å². The zero-order chi connectivity index (χ0) is 28.4. The fraction of sp³-hybridized carbons (Fsp3) is 0.750. The van der Waals surface area contributed by atoms with Crippen LogP contribution in [0.3, 0.4) is 0 Å². The Morgan fingerprint density at radius 3 is 1.85 bits per heavy atom. The first kappa shape index (κ1) is 35.2. The van der Waals surface area contributed by atoms with Crippen LogP contribution >= 0.6 is 11.6 Å². The Balaban J connectivity index is 2.00. The van der Waals surface area contributed by atoms with E-state index in [1.54, 1.807) is 0 Å². The molecule has 0 radical (unpaired) electrons. The van der Waals surface area contributed by atoms with E-state index in [0.29, 0.717) is 11.6 Å². The molecule has 0 saturated carbocycles. The molecule has 0 aliphatic heterocycles. The average molecular weight is 566 g/mol. The van der Waals surface area contributed by atoms with Gasteiger partial charge >= 0.3 is 6.09 Å². The monoisotopic (exact) mass is 565 g/mol. The minimum Gasteiger partial charge on any atom is -0.445 e. The van der Waals surface area contributed by atoms with Crippen LogP contribution in [0.15, 0.2) is 18.2 Å². The smallest absolute Gasteiger partial charge is 0.407 e. The zero-order valence-electron chi connectivity index (χ0n) is 24.9. The first-order valence-electron chi connectivity index (χ1n) is 15.5. The maximum atomic E-state index is 12.0. The molecule has 0 heterocycles. The Hall–Kier alpha value is -1.79. The molecule has 0 spiro atoms. The summed E-state index contributed by atoms with van der Waals surface area (Å²) in [6, 6.07) is 5.93. The number of nitrogens with zero attached hydrogens (tertiary/aromatic N) is 1. The minimum absolute atomic E-state index is 0.261. The van der Waals surface area contributed by atoms with Gasteiger partial charge in [0.15, 0.2) is 0 Å². The summed E-state index contributed by atoms with van der Waals surface area (Å²) in [5.41, 5.74) is 2.24. The summed E-state index contributed by atoms with van der Waals surface area (Å²) in [4.78, 5) is 24.3. The fourth-order valence-electron chi connectivity index (χ4n) is 4.83. The van der Waals surface area contributed by atoms with Gasteiger partial charge in [0, 0.05) is 18.1 Å².